The van der Waals surface area contributed by atoms with Crippen LogP contribution in [0.1, 0.15) is 5.56 Å². The Balaban J connectivity index is 1.88. The summed E-state index contributed by atoms with van der Waals surface area (Å²) in [5.74, 6) is 0.193. The first kappa shape index (κ1) is 29.5. The fraction of sp³-hybridized carbons (Fsp3) is 0.652. The summed E-state index contributed by atoms with van der Waals surface area (Å²) in [5, 5.41) is 91.2. The molecule has 2 fully saturated rings. The Morgan fingerprint density at radius 2 is 1.35 bits per heavy atom. The molecule has 0 bridgehead atoms. The van der Waals surface area contributed by atoms with Crippen LogP contribution in [-0.4, -0.2) is 141 Å². The molecular weight excluding hydrogens is 500 g/mol. The molecule has 11 atom stereocenters. The number of hydrogen-bond acceptors (Lipinski definition) is 14. The Labute approximate surface area is 212 Å². The molecule has 1 aromatic carbocycles. The number of ether oxygens (including phenoxy) is 5. The van der Waals surface area contributed by atoms with Crippen LogP contribution in [-0.2, 0) is 9.47 Å². The third-order valence-corrected chi connectivity index (χ3v) is 6.34. The first-order chi connectivity index (χ1) is 17.6. The molecule has 0 amide bonds. The van der Waals surface area contributed by atoms with Crippen LogP contribution in [0, 0.1) is 0 Å². The Morgan fingerprint density at radius 3 is 1.86 bits per heavy atom. The van der Waals surface area contributed by atoms with Crippen LogP contribution in [0.15, 0.2) is 18.2 Å². The number of rotatable bonds is 9. The van der Waals surface area contributed by atoms with Crippen LogP contribution in [0.5, 0.6) is 17.2 Å². The maximum absolute atomic E-state index is 10.9. The molecule has 210 valence electrons. The number of methoxy groups -OCH3 is 2. The third-order valence-electron chi connectivity index (χ3n) is 6.34. The van der Waals surface area contributed by atoms with Crippen LogP contribution >= 0.6 is 0 Å². The van der Waals surface area contributed by atoms with Crippen LogP contribution in [0.2, 0.25) is 0 Å². The zero-order chi connectivity index (χ0) is 27.4. The first-order valence-electron chi connectivity index (χ1n) is 11.5. The van der Waals surface area contributed by atoms with E-state index in [1.165, 1.54) is 32.4 Å². The summed E-state index contributed by atoms with van der Waals surface area (Å²) in [6.45, 7) is -0.957. The molecule has 14 nitrogen and oxygen atoms in total. The van der Waals surface area contributed by atoms with Crippen molar-refractivity contribution in [2.45, 2.75) is 67.3 Å². The fourth-order valence-electron chi connectivity index (χ4n) is 4.27. The topological polar surface area (TPSA) is 228 Å². The summed E-state index contributed by atoms with van der Waals surface area (Å²) in [7, 11) is 2.67. The van der Waals surface area contributed by atoms with Crippen molar-refractivity contribution in [1.82, 2.24) is 0 Å². The maximum Gasteiger partial charge on any atom is 0.229 e. The molecule has 37 heavy (non-hydrogen) atoms. The summed E-state index contributed by atoms with van der Waals surface area (Å²) >= 11 is 0. The number of benzene rings is 1. The highest BCUT2D eigenvalue weighted by atomic mass is 16.7. The van der Waals surface area contributed by atoms with Crippen molar-refractivity contribution < 1.29 is 69.6 Å². The van der Waals surface area contributed by atoms with Gasteiger partial charge in [-0.2, -0.15) is 0 Å². The molecule has 2 aliphatic heterocycles. The van der Waals surface area contributed by atoms with Gasteiger partial charge in [0.15, 0.2) is 11.5 Å². The van der Waals surface area contributed by atoms with Gasteiger partial charge < -0.3 is 69.6 Å². The van der Waals surface area contributed by atoms with Gasteiger partial charge >= 0.3 is 0 Å². The average molecular weight is 535 g/mol. The van der Waals surface area contributed by atoms with E-state index in [4.69, 9.17) is 28.8 Å². The minimum atomic E-state index is -1.93. The van der Waals surface area contributed by atoms with E-state index in [1.807, 2.05) is 0 Å². The molecule has 1 aromatic rings. The monoisotopic (exact) mass is 534 g/mol. The van der Waals surface area contributed by atoms with E-state index in [9.17, 15) is 40.9 Å². The van der Waals surface area contributed by atoms with E-state index in [2.05, 4.69) is 0 Å². The molecule has 14 heteroatoms. The highest BCUT2D eigenvalue weighted by Crippen LogP contribution is 2.41. The van der Waals surface area contributed by atoms with E-state index < -0.39 is 73.9 Å². The zero-order valence-corrected chi connectivity index (χ0v) is 20.1. The van der Waals surface area contributed by atoms with Crippen molar-refractivity contribution >= 4 is 6.08 Å². The van der Waals surface area contributed by atoms with E-state index in [0.717, 1.165) is 0 Å². The predicted molar refractivity (Wildman–Crippen MR) is 123 cm³/mol. The quantitative estimate of drug-likeness (QED) is 0.148. The van der Waals surface area contributed by atoms with Crippen LogP contribution < -0.4 is 14.2 Å². The second-order valence-corrected chi connectivity index (χ2v) is 8.68. The van der Waals surface area contributed by atoms with E-state index >= 15 is 0 Å². The van der Waals surface area contributed by atoms with E-state index in [-0.39, 0.29) is 23.9 Å². The van der Waals surface area contributed by atoms with Gasteiger partial charge in [-0.15, -0.1) is 0 Å². The summed E-state index contributed by atoms with van der Waals surface area (Å²) < 4.78 is 27.3. The molecule has 0 aliphatic carbocycles. The van der Waals surface area contributed by atoms with E-state index in [1.54, 1.807) is 6.08 Å². The van der Waals surface area contributed by atoms with Crippen LogP contribution in [0.25, 0.3) is 6.08 Å². The predicted octanol–water partition coefficient (Wildman–Crippen LogP) is -3.90. The molecule has 2 aliphatic rings. The van der Waals surface area contributed by atoms with Gasteiger partial charge in [0.2, 0.25) is 12.0 Å². The minimum Gasteiger partial charge on any atom is -0.493 e. The zero-order valence-electron chi connectivity index (χ0n) is 20.1. The molecule has 0 aromatic heterocycles. The summed E-state index contributed by atoms with van der Waals surface area (Å²) in [6.07, 6.45) is -16.3. The number of aliphatic hydroxyl groups excluding tert-OH is 9. The normalized spacial score (nSPS) is 37.4. The SMILES string of the molecule is COc1cc(/C=C\CO)cc(OC)c1O[C@@H]1O[C@H](C(O)C2O[C@@H](CO)[C@H](O)[C@@H](O)[C@@H]2O)[C@@H](O)[C@H](O)[C@H]1O. The van der Waals surface area contributed by atoms with Crippen LogP contribution in [0.4, 0.5) is 0 Å². The summed E-state index contributed by atoms with van der Waals surface area (Å²) in [5.41, 5.74) is 0.576. The minimum absolute atomic E-state index is 0.0557. The lowest BCUT2D eigenvalue weighted by Crippen LogP contribution is -2.68. The maximum atomic E-state index is 10.9. The second kappa shape index (κ2) is 12.6. The van der Waals surface area contributed by atoms with Gasteiger partial charge in [0.05, 0.1) is 27.4 Å². The molecule has 2 unspecified atom stereocenters. The van der Waals surface area contributed by atoms with Gasteiger partial charge in [-0.25, -0.2) is 0 Å². The lowest BCUT2D eigenvalue weighted by atomic mass is 9.86. The molecular formula is C23H34O14. The van der Waals surface area contributed by atoms with Gasteiger partial charge in [-0.1, -0.05) is 12.2 Å². The van der Waals surface area contributed by atoms with Gasteiger partial charge in [-0.05, 0) is 17.7 Å². The summed E-state index contributed by atoms with van der Waals surface area (Å²) in [4.78, 5) is 0. The third kappa shape index (κ3) is 6.00. The fourth-order valence-corrected chi connectivity index (χ4v) is 4.27. The second-order valence-electron chi connectivity index (χ2n) is 8.68. The van der Waals surface area contributed by atoms with Crippen molar-refractivity contribution in [2.75, 3.05) is 27.4 Å². The highest BCUT2D eigenvalue weighted by Gasteiger charge is 2.54. The Hall–Kier alpha value is -2.08. The molecule has 0 spiro atoms. The van der Waals surface area contributed by atoms with E-state index in [0.29, 0.717) is 5.56 Å². The van der Waals surface area contributed by atoms with Crippen molar-refractivity contribution in [3.05, 3.63) is 23.8 Å². The lowest BCUT2D eigenvalue weighted by molar-refractivity contribution is -0.313. The molecule has 0 saturated carbocycles. The lowest BCUT2D eigenvalue weighted by Gasteiger charge is -2.47. The molecule has 0 radical (unpaired) electrons. The van der Waals surface area contributed by atoms with Crippen LogP contribution in [0.3, 0.4) is 0 Å². The summed E-state index contributed by atoms with van der Waals surface area (Å²) in [6, 6.07) is 3.07. The number of hydrogen-bond donors (Lipinski definition) is 9. The molecule has 9 N–H and O–H groups in total. The Morgan fingerprint density at radius 1 is 0.811 bits per heavy atom. The average Bonchev–Trinajstić information content (AvgIpc) is 2.90. The Bertz CT molecular complexity index is 884. The van der Waals surface area contributed by atoms with Crippen molar-refractivity contribution in [1.29, 1.82) is 0 Å². The van der Waals surface area contributed by atoms with Gasteiger partial charge in [0, 0.05) is 0 Å². The molecule has 2 heterocycles. The number of aliphatic hydroxyl groups is 9. The highest BCUT2D eigenvalue weighted by molar-refractivity contribution is 5.62. The van der Waals surface area contributed by atoms with Gasteiger partial charge in [0.25, 0.3) is 0 Å². The van der Waals surface area contributed by atoms with Gasteiger partial charge in [0.1, 0.15) is 61.0 Å². The first-order valence-corrected chi connectivity index (χ1v) is 11.5. The molecule has 2 saturated heterocycles. The Kier molecular flexibility index (Phi) is 10.1. The largest absolute Gasteiger partial charge is 0.493 e. The molecule has 3 rings (SSSR count). The van der Waals surface area contributed by atoms with Crippen molar-refractivity contribution in [3.8, 4) is 17.2 Å². The van der Waals surface area contributed by atoms with Gasteiger partial charge in [-0.3, -0.25) is 0 Å². The smallest absolute Gasteiger partial charge is 0.229 e. The van der Waals surface area contributed by atoms with Crippen molar-refractivity contribution in [2.24, 2.45) is 0 Å². The van der Waals surface area contributed by atoms with Crippen molar-refractivity contribution in [3.63, 3.8) is 0 Å². The standard InChI is InChI=1S/C23H34O14/c1-33-10-6-9(4-3-5-24)7-11(34-2)20(10)36-23-18(31)15(28)17(30)22(37-23)19(32)21-16(29)14(27)13(26)12(8-25)35-21/h3-4,6-7,12-19,21-32H,5,8H2,1-2H3/b4-3-/t12-,13-,14+,15-,16-,17-,18+,19?,21?,22-,23+/m0/s1.